The van der Waals surface area contributed by atoms with Crippen LogP contribution >= 0.6 is 11.6 Å². The Labute approximate surface area is 221 Å². The maximum atomic E-state index is 9.42. The molecule has 0 heterocycles. The average Bonchev–Trinajstić information content (AvgIpc) is 3.22. The van der Waals surface area contributed by atoms with Gasteiger partial charge in [0, 0.05) is 5.02 Å². The van der Waals surface area contributed by atoms with Crippen molar-refractivity contribution in [2.75, 3.05) is 0 Å². The van der Waals surface area contributed by atoms with Crippen molar-refractivity contribution in [1.29, 1.82) is 0 Å². The Bertz CT molecular complexity index is 1750. The highest BCUT2D eigenvalue weighted by atomic mass is 35.5. The fraction of sp³-hybridized carbons (Fsp3) is 0.0303. The van der Waals surface area contributed by atoms with Gasteiger partial charge < -0.3 is 9.68 Å². The summed E-state index contributed by atoms with van der Waals surface area (Å²) in [7, 11) is -0.373. The molecule has 4 heteroatoms. The highest BCUT2D eigenvalue weighted by molar-refractivity contribution is 6.31. The van der Waals surface area contributed by atoms with Crippen molar-refractivity contribution in [3.05, 3.63) is 149 Å². The van der Waals surface area contributed by atoms with Gasteiger partial charge in [-0.3, -0.25) is 0 Å². The van der Waals surface area contributed by atoms with Crippen LogP contribution in [0.25, 0.3) is 32.7 Å². The van der Waals surface area contributed by atoms with E-state index in [9.17, 15) is 5.02 Å². The molecule has 0 spiro atoms. The van der Waals surface area contributed by atoms with Crippen LogP contribution in [0.15, 0.2) is 121 Å². The largest absolute Gasteiger partial charge is 0.539 e. The fourth-order valence-corrected chi connectivity index (χ4v) is 6.25. The van der Waals surface area contributed by atoms with E-state index < -0.39 is 5.41 Å². The van der Waals surface area contributed by atoms with E-state index in [1.165, 1.54) is 43.8 Å². The lowest BCUT2D eigenvalue weighted by atomic mass is 9.67. The minimum absolute atomic E-state index is 0.373. The van der Waals surface area contributed by atoms with Gasteiger partial charge in [0.25, 0.3) is 0 Å². The lowest BCUT2D eigenvalue weighted by Crippen LogP contribution is -2.28. The quantitative estimate of drug-likeness (QED) is 0.254. The number of hydrogen-bond donors (Lipinski definition) is 1. The van der Waals surface area contributed by atoms with Crippen molar-refractivity contribution in [3.63, 3.8) is 0 Å². The summed E-state index contributed by atoms with van der Waals surface area (Å²) in [5.74, 6) is 0.625. The third kappa shape index (κ3) is 3.32. The van der Waals surface area contributed by atoms with Crippen LogP contribution in [-0.4, -0.2) is 12.7 Å². The molecule has 6 aromatic carbocycles. The van der Waals surface area contributed by atoms with Gasteiger partial charge in [-0.15, -0.1) is 0 Å². The van der Waals surface area contributed by atoms with Gasteiger partial charge in [0.2, 0.25) is 0 Å². The highest BCUT2D eigenvalue weighted by Crippen LogP contribution is 2.57. The molecule has 0 unspecified atom stereocenters. The van der Waals surface area contributed by atoms with E-state index in [0.717, 1.165) is 11.1 Å². The van der Waals surface area contributed by atoms with E-state index in [2.05, 4.69) is 97.1 Å². The molecule has 176 valence electrons. The van der Waals surface area contributed by atoms with Gasteiger partial charge in [0.15, 0.2) is 0 Å². The molecule has 0 saturated carbocycles. The predicted octanol–water partition coefficient (Wildman–Crippen LogP) is 7.65. The summed E-state index contributed by atoms with van der Waals surface area (Å²) in [5, 5.41) is 14.9. The molecule has 0 aromatic heterocycles. The molecule has 0 aliphatic heterocycles. The van der Waals surface area contributed by atoms with Crippen molar-refractivity contribution < 1.29 is 9.68 Å². The second-order valence-electron chi connectivity index (χ2n) is 9.54. The molecule has 1 aliphatic rings. The summed E-state index contributed by atoms with van der Waals surface area (Å²) >= 11 is 6.56. The number of benzene rings is 6. The zero-order valence-electron chi connectivity index (χ0n) is 20.0. The van der Waals surface area contributed by atoms with E-state index in [4.69, 9.17) is 16.3 Å². The van der Waals surface area contributed by atoms with Gasteiger partial charge in [-0.2, -0.15) is 0 Å². The zero-order chi connectivity index (χ0) is 25.0. The van der Waals surface area contributed by atoms with E-state index in [-0.39, 0.29) is 7.69 Å². The van der Waals surface area contributed by atoms with E-state index in [0.29, 0.717) is 10.8 Å². The van der Waals surface area contributed by atoms with Gasteiger partial charge in [-0.05, 0) is 91.3 Å². The average molecular weight is 497 g/mol. The molecule has 1 aliphatic carbocycles. The molecular formula is C33H22BClO2. The summed E-state index contributed by atoms with van der Waals surface area (Å²) < 4.78 is 5.49. The lowest BCUT2D eigenvalue weighted by molar-refractivity contribution is 0.454. The Morgan fingerprint density at radius 3 is 1.70 bits per heavy atom. The molecule has 0 fully saturated rings. The zero-order valence-corrected chi connectivity index (χ0v) is 20.7. The number of halogens is 1. The molecule has 0 atom stereocenters. The molecule has 2 nitrogen and oxygen atoms in total. The van der Waals surface area contributed by atoms with Crippen LogP contribution in [0, 0.1) is 0 Å². The summed E-state index contributed by atoms with van der Waals surface area (Å²) in [6.45, 7) is 0. The summed E-state index contributed by atoms with van der Waals surface area (Å²) in [4.78, 5) is 0. The molecular weight excluding hydrogens is 475 g/mol. The summed E-state index contributed by atoms with van der Waals surface area (Å²) in [5.41, 5.74) is 6.32. The molecule has 0 saturated heterocycles. The molecule has 6 aromatic rings. The first kappa shape index (κ1) is 22.2. The number of rotatable bonds is 4. The number of fused-ring (bicyclic) bond motifs is 5. The Kier molecular flexibility index (Phi) is 5.11. The van der Waals surface area contributed by atoms with Gasteiger partial charge in [-0.1, -0.05) is 96.5 Å². The molecule has 37 heavy (non-hydrogen) atoms. The van der Waals surface area contributed by atoms with Crippen molar-refractivity contribution in [2.24, 2.45) is 0 Å². The Hall–Kier alpha value is -4.05. The summed E-state index contributed by atoms with van der Waals surface area (Å²) in [6.07, 6.45) is 0. The molecule has 0 radical (unpaired) electrons. The van der Waals surface area contributed by atoms with Crippen molar-refractivity contribution in [3.8, 4) is 16.9 Å². The Morgan fingerprint density at radius 1 is 0.568 bits per heavy atom. The normalized spacial score (nSPS) is 13.4. The Morgan fingerprint density at radius 2 is 1.11 bits per heavy atom. The van der Waals surface area contributed by atoms with Crippen LogP contribution in [0.1, 0.15) is 22.3 Å². The number of hydrogen-bond acceptors (Lipinski definition) is 2. The van der Waals surface area contributed by atoms with Crippen LogP contribution in [0.3, 0.4) is 0 Å². The van der Waals surface area contributed by atoms with Gasteiger partial charge in [-0.25, -0.2) is 0 Å². The second kappa shape index (κ2) is 8.52. The first-order valence-corrected chi connectivity index (χ1v) is 12.7. The third-order valence-corrected chi connectivity index (χ3v) is 7.90. The first-order chi connectivity index (χ1) is 18.2. The first-order valence-electron chi connectivity index (χ1n) is 12.4. The molecule has 0 bridgehead atoms. The fourth-order valence-electron chi connectivity index (χ4n) is 6.08. The van der Waals surface area contributed by atoms with Crippen LogP contribution in [-0.2, 0) is 5.41 Å². The third-order valence-electron chi connectivity index (χ3n) is 7.67. The molecule has 0 amide bonds. The van der Waals surface area contributed by atoms with E-state index >= 15 is 0 Å². The standard InChI is InChI=1S/C33H22BClO2/c35-27-13-15-31-29(19-27)30-20-28(37-34-36)14-16-32(30)33(31,25-11-9-21-5-1-3-7-23(21)17-25)26-12-10-22-6-2-4-8-24(22)18-26/h1-20,34,36H. The minimum Gasteiger partial charge on any atom is -0.539 e. The predicted molar refractivity (Wildman–Crippen MR) is 154 cm³/mol. The maximum Gasteiger partial charge on any atom is 0.504 e. The maximum absolute atomic E-state index is 9.42. The topological polar surface area (TPSA) is 29.5 Å². The van der Waals surface area contributed by atoms with E-state index in [1.807, 2.05) is 24.3 Å². The van der Waals surface area contributed by atoms with Gasteiger partial charge in [0.1, 0.15) is 5.75 Å². The van der Waals surface area contributed by atoms with Crippen molar-refractivity contribution in [2.45, 2.75) is 5.41 Å². The molecule has 1 N–H and O–H groups in total. The van der Waals surface area contributed by atoms with Gasteiger partial charge >= 0.3 is 7.69 Å². The minimum atomic E-state index is -0.555. The summed E-state index contributed by atoms with van der Waals surface area (Å²) in [6, 6.07) is 42.8. The monoisotopic (exact) mass is 496 g/mol. The highest BCUT2D eigenvalue weighted by Gasteiger charge is 2.46. The van der Waals surface area contributed by atoms with Gasteiger partial charge in [0.05, 0.1) is 5.41 Å². The van der Waals surface area contributed by atoms with Crippen LogP contribution in [0.2, 0.25) is 5.02 Å². The molecule has 7 rings (SSSR count). The SMILES string of the molecule is OBOc1ccc2c(c1)-c1cc(Cl)ccc1C2(c1ccc2ccccc2c1)c1ccc2ccccc2c1. The second-order valence-corrected chi connectivity index (χ2v) is 9.98. The van der Waals surface area contributed by atoms with Crippen molar-refractivity contribution >= 4 is 40.8 Å². The smallest absolute Gasteiger partial charge is 0.504 e. The van der Waals surface area contributed by atoms with Crippen molar-refractivity contribution in [1.82, 2.24) is 0 Å². The van der Waals surface area contributed by atoms with Crippen LogP contribution in [0.5, 0.6) is 5.75 Å². The van der Waals surface area contributed by atoms with Crippen LogP contribution < -0.4 is 4.65 Å². The van der Waals surface area contributed by atoms with Crippen LogP contribution in [0.4, 0.5) is 0 Å². The van der Waals surface area contributed by atoms with E-state index in [1.54, 1.807) is 0 Å². The Balaban J connectivity index is 1.63. The lowest BCUT2D eigenvalue weighted by Gasteiger charge is -2.34.